The molecule has 6 heteroatoms. The molecule has 1 amide bonds. The Morgan fingerprint density at radius 2 is 2.20 bits per heavy atom. The maximum absolute atomic E-state index is 12.6. The summed E-state index contributed by atoms with van der Waals surface area (Å²) in [5.74, 6) is 0.206. The van der Waals surface area contributed by atoms with Crippen molar-refractivity contribution < 1.29 is 4.79 Å². The second-order valence-corrected chi connectivity index (χ2v) is 6.53. The van der Waals surface area contributed by atoms with E-state index in [2.05, 4.69) is 32.9 Å². The van der Waals surface area contributed by atoms with E-state index >= 15 is 0 Å². The van der Waals surface area contributed by atoms with Gasteiger partial charge >= 0.3 is 0 Å². The summed E-state index contributed by atoms with van der Waals surface area (Å²) >= 11 is 3.62. The third kappa shape index (κ3) is 2.42. The Kier molecular flexibility index (Phi) is 3.69. The molecule has 2 aliphatic rings. The molecule has 1 aromatic rings. The van der Waals surface area contributed by atoms with E-state index in [0.29, 0.717) is 0 Å². The van der Waals surface area contributed by atoms with Gasteiger partial charge in [-0.1, -0.05) is 21.5 Å². The fourth-order valence-electron chi connectivity index (χ4n) is 2.91. The first-order chi connectivity index (χ1) is 9.56. The van der Waals surface area contributed by atoms with Gasteiger partial charge in [-0.15, -0.1) is 0 Å². The number of carbonyl (C=O) groups excluding carboxylic acids is 1. The maximum atomic E-state index is 12.6. The van der Waals surface area contributed by atoms with Gasteiger partial charge in [-0.05, 0) is 19.8 Å². The van der Waals surface area contributed by atoms with E-state index in [0.717, 1.165) is 38.2 Å². The summed E-state index contributed by atoms with van der Waals surface area (Å²) in [5.41, 5.74) is 2.30. The molecular formula is C14H19BrN4O. The van der Waals surface area contributed by atoms with Crippen molar-refractivity contribution in [3.63, 3.8) is 0 Å². The lowest BCUT2D eigenvalue weighted by atomic mass is 10.1. The highest BCUT2D eigenvalue weighted by atomic mass is 79.9. The first-order valence-electron chi connectivity index (χ1n) is 6.94. The molecule has 3 heterocycles. The summed E-state index contributed by atoms with van der Waals surface area (Å²) < 4.78 is 2.97. The fourth-order valence-corrected chi connectivity index (χ4v) is 3.43. The number of anilines is 1. The number of rotatable bonds is 2. The Hall–Kier alpha value is -1.14. The first-order valence-corrected chi connectivity index (χ1v) is 7.74. The molecule has 3 rings (SSSR count). The molecule has 0 spiro atoms. The number of nitrogens with zero attached hydrogens (tertiary/aromatic N) is 4. The van der Waals surface area contributed by atoms with Crippen molar-refractivity contribution in [3.8, 4) is 0 Å². The highest BCUT2D eigenvalue weighted by Gasteiger charge is 2.37. The molecule has 0 aromatic carbocycles. The van der Waals surface area contributed by atoms with E-state index in [1.54, 1.807) is 10.9 Å². The minimum atomic E-state index is 0.0101. The molecule has 20 heavy (non-hydrogen) atoms. The van der Waals surface area contributed by atoms with Crippen LogP contribution in [0.5, 0.6) is 0 Å². The molecule has 1 fully saturated rings. The van der Waals surface area contributed by atoms with Gasteiger partial charge in [0, 0.05) is 37.4 Å². The van der Waals surface area contributed by atoms with Gasteiger partial charge in [0.15, 0.2) is 0 Å². The Morgan fingerprint density at radius 1 is 1.40 bits per heavy atom. The lowest BCUT2D eigenvalue weighted by Crippen LogP contribution is -2.44. The Bertz CT molecular complexity index is 565. The predicted octanol–water partition coefficient (Wildman–Crippen LogP) is 1.90. The van der Waals surface area contributed by atoms with Crippen molar-refractivity contribution in [1.82, 2.24) is 14.7 Å². The predicted molar refractivity (Wildman–Crippen MR) is 81.8 cm³/mol. The van der Waals surface area contributed by atoms with Gasteiger partial charge < -0.3 is 4.90 Å². The maximum Gasteiger partial charge on any atom is 0.244 e. The van der Waals surface area contributed by atoms with Crippen LogP contribution < -0.4 is 4.90 Å². The van der Waals surface area contributed by atoms with Gasteiger partial charge in [-0.25, -0.2) is 0 Å². The molecule has 0 N–H and O–H groups in total. The third-order valence-electron chi connectivity index (χ3n) is 4.20. The number of hydrogen-bond donors (Lipinski definition) is 0. The Morgan fingerprint density at radius 3 is 2.85 bits per heavy atom. The Balaban J connectivity index is 1.73. The molecule has 0 saturated carbocycles. The van der Waals surface area contributed by atoms with Crippen LogP contribution in [0.25, 0.3) is 0 Å². The second kappa shape index (κ2) is 5.33. The van der Waals surface area contributed by atoms with Crippen molar-refractivity contribution >= 4 is 27.5 Å². The van der Waals surface area contributed by atoms with E-state index in [-0.39, 0.29) is 11.9 Å². The number of halogens is 1. The minimum absolute atomic E-state index is 0.0101. The van der Waals surface area contributed by atoms with Crippen LogP contribution >= 0.6 is 15.9 Å². The molecule has 1 aromatic heterocycles. The number of hydrogen-bond acceptors (Lipinski definition) is 3. The third-order valence-corrected chi connectivity index (χ3v) is 5.13. The molecular weight excluding hydrogens is 320 g/mol. The fraction of sp³-hybridized carbons (Fsp3) is 0.571. The van der Waals surface area contributed by atoms with Crippen LogP contribution in [0.4, 0.5) is 5.69 Å². The highest BCUT2D eigenvalue weighted by molar-refractivity contribution is 9.11. The largest absolute Gasteiger partial charge is 0.308 e. The summed E-state index contributed by atoms with van der Waals surface area (Å²) in [6.45, 7) is 4.76. The number of aromatic nitrogens is 2. The van der Waals surface area contributed by atoms with E-state index in [1.165, 1.54) is 10.1 Å². The average Bonchev–Trinajstić information content (AvgIpc) is 2.99. The Labute approximate surface area is 127 Å². The summed E-state index contributed by atoms with van der Waals surface area (Å²) in [6, 6.07) is 0.0101. The average molecular weight is 339 g/mol. The van der Waals surface area contributed by atoms with Gasteiger partial charge in [0.05, 0.1) is 17.9 Å². The van der Waals surface area contributed by atoms with Crippen LogP contribution in [0.1, 0.15) is 19.8 Å². The smallest absolute Gasteiger partial charge is 0.244 e. The minimum Gasteiger partial charge on any atom is -0.308 e. The van der Waals surface area contributed by atoms with Crippen LogP contribution in [0.3, 0.4) is 0 Å². The van der Waals surface area contributed by atoms with Crippen molar-refractivity contribution in [2.24, 2.45) is 7.05 Å². The van der Waals surface area contributed by atoms with Crippen LogP contribution in [0, 0.1) is 0 Å². The van der Waals surface area contributed by atoms with Gasteiger partial charge in [0.1, 0.15) is 0 Å². The topological polar surface area (TPSA) is 41.4 Å². The van der Waals surface area contributed by atoms with Gasteiger partial charge in [-0.3, -0.25) is 14.4 Å². The molecule has 0 radical (unpaired) electrons. The molecule has 0 unspecified atom stereocenters. The molecule has 5 nitrogen and oxygen atoms in total. The SMILES string of the molecule is CC1=C(Br)CN([C@@H]2CCN(c3cnn(C)c3)C2=O)CC1. The number of amides is 1. The van der Waals surface area contributed by atoms with Crippen molar-refractivity contribution in [2.45, 2.75) is 25.8 Å². The van der Waals surface area contributed by atoms with Gasteiger partial charge in [0.25, 0.3) is 0 Å². The standard InChI is InChI=1S/C14H19BrN4O/c1-10-3-5-18(9-12(10)15)13-4-6-19(14(13)20)11-7-16-17(2)8-11/h7-8,13H,3-6,9H2,1-2H3/t13-/m1/s1. The molecule has 0 aliphatic carbocycles. The van der Waals surface area contributed by atoms with E-state index in [9.17, 15) is 4.79 Å². The second-order valence-electron chi connectivity index (χ2n) is 5.57. The molecule has 0 bridgehead atoms. The molecule has 108 valence electrons. The normalized spacial score (nSPS) is 24.9. The van der Waals surface area contributed by atoms with E-state index in [1.807, 2.05) is 18.1 Å². The van der Waals surface area contributed by atoms with Crippen molar-refractivity contribution in [3.05, 3.63) is 22.4 Å². The van der Waals surface area contributed by atoms with Crippen LogP contribution in [-0.4, -0.2) is 46.3 Å². The first kappa shape index (κ1) is 13.8. The van der Waals surface area contributed by atoms with Crippen molar-refractivity contribution in [1.29, 1.82) is 0 Å². The zero-order chi connectivity index (χ0) is 14.3. The zero-order valence-electron chi connectivity index (χ0n) is 11.8. The van der Waals surface area contributed by atoms with Gasteiger partial charge in [-0.2, -0.15) is 5.10 Å². The quantitative estimate of drug-likeness (QED) is 0.826. The van der Waals surface area contributed by atoms with E-state index in [4.69, 9.17) is 0 Å². The summed E-state index contributed by atoms with van der Waals surface area (Å²) in [6.07, 6.45) is 5.59. The van der Waals surface area contributed by atoms with Gasteiger partial charge in [0.2, 0.25) is 5.91 Å². The van der Waals surface area contributed by atoms with Crippen LogP contribution in [0.15, 0.2) is 22.4 Å². The van der Waals surface area contributed by atoms with Crippen LogP contribution in [0.2, 0.25) is 0 Å². The van der Waals surface area contributed by atoms with Crippen LogP contribution in [-0.2, 0) is 11.8 Å². The summed E-state index contributed by atoms with van der Waals surface area (Å²) in [5, 5.41) is 4.15. The molecule has 1 saturated heterocycles. The molecule has 2 aliphatic heterocycles. The highest BCUT2D eigenvalue weighted by Crippen LogP contribution is 2.29. The molecule has 1 atom stereocenters. The lowest BCUT2D eigenvalue weighted by molar-refractivity contribution is -0.121. The number of carbonyl (C=O) groups is 1. The lowest BCUT2D eigenvalue weighted by Gasteiger charge is -2.31. The van der Waals surface area contributed by atoms with Crippen molar-refractivity contribution in [2.75, 3.05) is 24.5 Å². The summed E-state index contributed by atoms with van der Waals surface area (Å²) in [4.78, 5) is 16.8. The van der Waals surface area contributed by atoms with E-state index < -0.39 is 0 Å². The zero-order valence-corrected chi connectivity index (χ0v) is 13.4. The number of aryl methyl sites for hydroxylation is 1. The summed E-state index contributed by atoms with van der Waals surface area (Å²) in [7, 11) is 1.87. The monoisotopic (exact) mass is 338 g/mol.